The van der Waals surface area contributed by atoms with Gasteiger partial charge >= 0.3 is 11.8 Å². The number of benzene rings is 3. The second-order valence-electron chi connectivity index (χ2n) is 9.15. The number of hydrogen-bond donors (Lipinski definition) is 2. The molecule has 164 valence electrons. The lowest BCUT2D eigenvalue weighted by Gasteiger charge is -2.24. The first-order valence-electron chi connectivity index (χ1n) is 10.8. The zero-order chi connectivity index (χ0) is 22.9. The quantitative estimate of drug-likeness (QED) is 0.586. The number of hydrazone groups is 1. The van der Waals surface area contributed by atoms with Gasteiger partial charge < -0.3 is 10.6 Å². The fraction of sp³-hybridized carbons (Fsp3) is 0.269. The summed E-state index contributed by atoms with van der Waals surface area (Å²) in [6, 6.07) is 21.3. The van der Waals surface area contributed by atoms with E-state index < -0.39 is 18.0 Å². The molecule has 6 nitrogen and oxygen atoms in total. The lowest BCUT2D eigenvalue weighted by molar-refractivity contribution is -0.136. The Morgan fingerprint density at radius 2 is 1.62 bits per heavy atom. The SMILES string of the molecule is Cc1ccc(N2N=C(C(C)(C)C)CC2NC(=O)C(=O)Nc2cccc3ccccc23)cc1. The number of aryl methyl sites for hydroxylation is 1. The maximum absolute atomic E-state index is 12.8. The topological polar surface area (TPSA) is 73.8 Å². The minimum absolute atomic E-state index is 0.145. The third-order valence-electron chi connectivity index (χ3n) is 5.62. The first-order valence-corrected chi connectivity index (χ1v) is 10.8. The lowest BCUT2D eigenvalue weighted by atomic mass is 9.88. The molecule has 0 saturated carbocycles. The van der Waals surface area contributed by atoms with Crippen molar-refractivity contribution in [3.8, 4) is 0 Å². The zero-order valence-electron chi connectivity index (χ0n) is 18.8. The van der Waals surface area contributed by atoms with Crippen LogP contribution in [0.2, 0.25) is 0 Å². The van der Waals surface area contributed by atoms with E-state index in [1.165, 1.54) is 0 Å². The number of nitrogens with zero attached hydrogens (tertiary/aromatic N) is 2. The first-order chi connectivity index (χ1) is 15.2. The van der Waals surface area contributed by atoms with Crippen LogP contribution in [0.3, 0.4) is 0 Å². The maximum Gasteiger partial charge on any atom is 0.313 e. The number of amides is 2. The minimum atomic E-state index is -0.700. The van der Waals surface area contributed by atoms with Crippen LogP contribution in [0.1, 0.15) is 32.8 Å². The van der Waals surface area contributed by atoms with Crippen molar-refractivity contribution in [3.63, 3.8) is 0 Å². The molecule has 2 amide bonds. The fourth-order valence-corrected chi connectivity index (χ4v) is 3.74. The number of rotatable bonds is 3. The molecule has 3 aromatic carbocycles. The molecule has 0 aliphatic carbocycles. The Balaban J connectivity index is 1.52. The average Bonchev–Trinajstić information content (AvgIpc) is 3.19. The van der Waals surface area contributed by atoms with E-state index in [4.69, 9.17) is 5.10 Å². The molecule has 0 fully saturated rings. The Bertz CT molecular complexity index is 1190. The molecule has 4 rings (SSSR count). The van der Waals surface area contributed by atoms with Gasteiger partial charge in [-0.25, -0.2) is 5.01 Å². The van der Waals surface area contributed by atoms with Crippen molar-refractivity contribution in [1.29, 1.82) is 0 Å². The van der Waals surface area contributed by atoms with Gasteiger partial charge in [0.15, 0.2) is 0 Å². The molecule has 1 heterocycles. The van der Waals surface area contributed by atoms with Crippen molar-refractivity contribution in [1.82, 2.24) is 5.32 Å². The van der Waals surface area contributed by atoms with E-state index in [0.29, 0.717) is 12.1 Å². The van der Waals surface area contributed by atoms with Crippen molar-refractivity contribution in [2.24, 2.45) is 10.5 Å². The van der Waals surface area contributed by atoms with Gasteiger partial charge in [0.05, 0.1) is 5.69 Å². The molecule has 1 atom stereocenters. The van der Waals surface area contributed by atoms with Gasteiger partial charge in [-0.1, -0.05) is 74.9 Å². The highest BCUT2D eigenvalue weighted by atomic mass is 16.2. The van der Waals surface area contributed by atoms with E-state index in [1.807, 2.05) is 67.6 Å². The van der Waals surface area contributed by atoms with Gasteiger partial charge in [-0.3, -0.25) is 9.59 Å². The molecule has 3 aromatic rings. The number of fused-ring (bicyclic) bond motifs is 1. The summed E-state index contributed by atoms with van der Waals surface area (Å²) in [4.78, 5) is 25.6. The van der Waals surface area contributed by atoms with Crippen LogP contribution in [0.25, 0.3) is 10.8 Å². The van der Waals surface area contributed by atoms with Crippen LogP contribution in [0.4, 0.5) is 11.4 Å². The molecule has 1 unspecified atom stereocenters. The van der Waals surface area contributed by atoms with E-state index in [9.17, 15) is 9.59 Å². The summed E-state index contributed by atoms with van der Waals surface area (Å²) in [5, 5.41) is 14.1. The minimum Gasteiger partial charge on any atom is -0.326 e. The smallest absolute Gasteiger partial charge is 0.313 e. The monoisotopic (exact) mass is 428 g/mol. The van der Waals surface area contributed by atoms with Crippen molar-refractivity contribution in [2.75, 3.05) is 10.3 Å². The number of hydrogen-bond acceptors (Lipinski definition) is 4. The van der Waals surface area contributed by atoms with Crippen LogP contribution in [-0.4, -0.2) is 23.7 Å². The predicted octanol–water partition coefficient (Wildman–Crippen LogP) is 4.84. The number of carbonyl (C=O) groups is 2. The molecule has 6 heteroatoms. The highest BCUT2D eigenvalue weighted by Crippen LogP contribution is 2.30. The molecule has 0 bridgehead atoms. The molecule has 1 aliphatic rings. The second-order valence-corrected chi connectivity index (χ2v) is 9.15. The third-order valence-corrected chi connectivity index (χ3v) is 5.62. The summed E-state index contributed by atoms with van der Waals surface area (Å²) >= 11 is 0. The largest absolute Gasteiger partial charge is 0.326 e. The fourth-order valence-electron chi connectivity index (χ4n) is 3.74. The van der Waals surface area contributed by atoms with Gasteiger partial charge in [-0.05, 0) is 30.5 Å². The Labute approximate surface area is 188 Å². The Morgan fingerprint density at radius 3 is 2.34 bits per heavy atom. The Morgan fingerprint density at radius 1 is 0.938 bits per heavy atom. The highest BCUT2D eigenvalue weighted by Gasteiger charge is 2.35. The van der Waals surface area contributed by atoms with Crippen LogP contribution in [0.15, 0.2) is 71.8 Å². The average molecular weight is 429 g/mol. The summed E-state index contributed by atoms with van der Waals surface area (Å²) in [6.45, 7) is 8.30. The van der Waals surface area contributed by atoms with Gasteiger partial charge in [-0.2, -0.15) is 5.10 Å². The van der Waals surface area contributed by atoms with Crippen LogP contribution in [-0.2, 0) is 9.59 Å². The Kier molecular flexibility index (Phi) is 5.70. The highest BCUT2D eigenvalue weighted by molar-refractivity contribution is 6.40. The van der Waals surface area contributed by atoms with Crippen molar-refractivity contribution in [2.45, 2.75) is 40.3 Å². The number of nitrogens with one attached hydrogen (secondary N) is 2. The van der Waals surface area contributed by atoms with Crippen LogP contribution >= 0.6 is 0 Å². The molecule has 1 aliphatic heterocycles. The van der Waals surface area contributed by atoms with Crippen LogP contribution < -0.4 is 15.6 Å². The van der Waals surface area contributed by atoms with Crippen LogP contribution in [0.5, 0.6) is 0 Å². The van der Waals surface area contributed by atoms with Gasteiger partial charge in [0, 0.05) is 28.6 Å². The standard InChI is InChI=1S/C26H28N4O2/c1-17-12-14-19(15-13-17)30-23(16-22(29-30)26(2,3)4)28-25(32)24(31)27-21-11-7-9-18-8-5-6-10-20(18)21/h5-15,23H,16H2,1-4H3,(H,27,31)(H,28,32). The molecule has 2 N–H and O–H groups in total. The zero-order valence-corrected chi connectivity index (χ0v) is 18.8. The van der Waals surface area contributed by atoms with Crippen molar-refractivity contribution < 1.29 is 9.59 Å². The summed E-state index contributed by atoms with van der Waals surface area (Å²) < 4.78 is 0. The van der Waals surface area contributed by atoms with E-state index in [-0.39, 0.29) is 5.41 Å². The van der Waals surface area contributed by atoms with E-state index in [0.717, 1.165) is 27.7 Å². The van der Waals surface area contributed by atoms with E-state index >= 15 is 0 Å². The van der Waals surface area contributed by atoms with Crippen LogP contribution in [0, 0.1) is 12.3 Å². The van der Waals surface area contributed by atoms with Gasteiger partial charge in [0.2, 0.25) is 0 Å². The second kappa shape index (κ2) is 8.46. The van der Waals surface area contributed by atoms with Gasteiger partial charge in [-0.15, -0.1) is 0 Å². The lowest BCUT2D eigenvalue weighted by Crippen LogP contribution is -2.48. The third kappa shape index (κ3) is 4.49. The maximum atomic E-state index is 12.8. The molecule has 0 spiro atoms. The molecule has 32 heavy (non-hydrogen) atoms. The van der Waals surface area contributed by atoms with Crippen molar-refractivity contribution >= 4 is 39.7 Å². The Hall–Kier alpha value is -3.67. The molecule has 0 radical (unpaired) electrons. The summed E-state index contributed by atoms with van der Waals surface area (Å²) in [6.07, 6.45) is 0.114. The van der Waals surface area contributed by atoms with E-state index in [2.05, 4.69) is 31.4 Å². The van der Waals surface area contributed by atoms with Gasteiger partial charge in [0.25, 0.3) is 0 Å². The van der Waals surface area contributed by atoms with E-state index in [1.54, 1.807) is 11.1 Å². The first kappa shape index (κ1) is 21.6. The molecule has 0 aromatic heterocycles. The molecule has 0 saturated heterocycles. The predicted molar refractivity (Wildman–Crippen MR) is 130 cm³/mol. The normalized spacial score (nSPS) is 16.1. The van der Waals surface area contributed by atoms with Gasteiger partial charge in [0.1, 0.15) is 6.17 Å². The number of anilines is 2. The summed E-state index contributed by atoms with van der Waals surface area (Å²) in [5.74, 6) is -1.39. The molecular weight excluding hydrogens is 400 g/mol. The van der Waals surface area contributed by atoms with Crippen molar-refractivity contribution in [3.05, 3.63) is 72.3 Å². The molecular formula is C26H28N4O2. The summed E-state index contributed by atoms with van der Waals surface area (Å²) in [5.41, 5.74) is 3.44. The summed E-state index contributed by atoms with van der Waals surface area (Å²) in [7, 11) is 0. The number of carbonyl (C=O) groups excluding carboxylic acids is 2.